The average Bonchev–Trinajstić information content (AvgIpc) is 3.00. The maximum absolute atomic E-state index is 6.18. The van der Waals surface area contributed by atoms with Gasteiger partial charge in [0.25, 0.3) is 0 Å². The van der Waals surface area contributed by atoms with E-state index >= 15 is 0 Å². The second kappa shape index (κ2) is 4.85. The van der Waals surface area contributed by atoms with Gasteiger partial charge in [0.2, 0.25) is 0 Å². The van der Waals surface area contributed by atoms with Crippen LogP contribution < -0.4 is 16.0 Å². The Hall–Kier alpha value is -1.56. The molecule has 0 aliphatic carbocycles. The summed E-state index contributed by atoms with van der Waals surface area (Å²) in [7, 11) is 1.85. The number of nitrogens with one attached hydrogen (secondary N) is 1. The van der Waals surface area contributed by atoms with E-state index in [0.717, 1.165) is 30.0 Å². The van der Waals surface area contributed by atoms with Gasteiger partial charge >= 0.3 is 0 Å². The van der Waals surface area contributed by atoms with Crippen molar-refractivity contribution in [3.8, 4) is 5.75 Å². The van der Waals surface area contributed by atoms with Crippen molar-refractivity contribution in [1.29, 1.82) is 0 Å². The highest BCUT2D eigenvalue weighted by molar-refractivity contribution is 6.31. The summed E-state index contributed by atoms with van der Waals surface area (Å²) in [5.74, 6) is 6.65. The molecule has 0 fully saturated rings. The van der Waals surface area contributed by atoms with Gasteiger partial charge in [0, 0.05) is 13.5 Å². The fourth-order valence-corrected chi connectivity index (χ4v) is 2.74. The number of fused-ring (bicyclic) bond motifs is 1. The Balaban J connectivity index is 2.03. The Morgan fingerprint density at radius 2 is 2.37 bits per heavy atom. The van der Waals surface area contributed by atoms with Gasteiger partial charge in [0.05, 0.1) is 29.6 Å². The van der Waals surface area contributed by atoms with Crippen molar-refractivity contribution in [1.82, 2.24) is 15.2 Å². The fraction of sp³-hybridized carbons (Fsp3) is 0.308. The lowest BCUT2D eigenvalue weighted by Gasteiger charge is -2.18. The molecule has 0 bridgehead atoms. The van der Waals surface area contributed by atoms with Gasteiger partial charge in [-0.3, -0.25) is 10.5 Å². The summed E-state index contributed by atoms with van der Waals surface area (Å²) in [6.45, 7) is 0.742. The molecule has 0 spiro atoms. The van der Waals surface area contributed by atoms with Crippen LogP contribution in [-0.4, -0.2) is 16.4 Å². The highest BCUT2D eigenvalue weighted by Crippen LogP contribution is 2.32. The number of rotatable bonds is 3. The Kier molecular flexibility index (Phi) is 3.18. The van der Waals surface area contributed by atoms with Gasteiger partial charge in [0.15, 0.2) is 0 Å². The van der Waals surface area contributed by atoms with Gasteiger partial charge in [-0.05, 0) is 23.3 Å². The van der Waals surface area contributed by atoms with Gasteiger partial charge < -0.3 is 4.74 Å². The molecule has 0 amide bonds. The zero-order valence-electron chi connectivity index (χ0n) is 10.6. The number of halogens is 1. The van der Waals surface area contributed by atoms with E-state index in [1.807, 2.05) is 19.2 Å². The standard InChI is InChI=1S/C13H15ClN4O/c1-18-13(10(14)7-16-18)12(17-15)9-2-3-11-8(6-9)4-5-19-11/h2-3,6-7,12,17H,4-5,15H2,1H3. The van der Waals surface area contributed by atoms with Crippen LogP contribution in [0.1, 0.15) is 22.9 Å². The number of nitrogens with zero attached hydrogens (tertiary/aromatic N) is 2. The Labute approximate surface area is 116 Å². The van der Waals surface area contributed by atoms with Crippen molar-refractivity contribution in [2.24, 2.45) is 12.9 Å². The van der Waals surface area contributed by atoms with Crippen LogP contribution in [0.4, 0.5) is 0 Å². The number of benzene rings is 1. The van der Waals surface area contributed by atoms with E-state index in [1.54, 1.807) is 10.9 Å². The van der Waals surface area contributed by atoms with Gasteiger partial charge in [-0.15, -0.1) is 0 Å². The molecule has 1 aromatic carbocycles. The van der Waals surface area contributed by atoms with Crippen molar-refractivity contribution in [3.05, 3.63) is 46.2 Å². The van der Waals surface area contributed by atoms with Gasteiger partial charge in [-0.25, -0.2) is 5.43 Å². The predicted octanol–water partition coefficient (Wildman–Crippen LogP) is 1.56. The zero-order valence-corrected chi connectivity index (χ0v) is 11.3. The number of aryl methyl sites for hydroxylation is 1. The number of hydrazine groups is 1. The molecule has 3 rings (SSSR count). The van der Waals surface area contributed by atoms with Crippen molar-refractivity contribution in [2.45, 2.75) is 12.5 Å². The number of aromatic nitrogens is 2. The Bertz CT molecular complexity index is 591. The molecule has 3 N–H and O–H groups in total. The van der Waals surface area contributed by atoms with Crippen LogP contribution in [0.3, 0.4) is 0 Å². The molecule has 0 saturated heterocycles. The second-order valence-electron chi connectivity index (χ2n) is 4.57. The summed E-state index contributed by atoms with van der Waals surface area (Å²) >= 11 is 6.18. The lowest BCUT2D eigenvalue weighted by Crippen LogP contribution is -2.30. The maximum atomic E-state index is 6.18. The smallest absolute Gasteiger partial charge is 0.122 e. The highest BCUT2D eigenvalue weighted by atomic mass is 35.5. The van der Waals surface area contributed by atoms with E-state index in [-0.39, 0.29) is 6.04 Å². The van der Waals surface area contributed by atoms with Gasteiger partial charge in [0.1, 0.15) is 5.75 Å². The summed E-state index contributed by atoms with van der Waals surface area (Å²) in [4.78, 5) is 0. The van der Waals surface area contributed by atoms with E-state index in [0.29, 0.717) is 5.02 Å². The minimum Gasteiger partial charge on any atom is -0.493 e. The highest BCUT2D eigenvalue weighted by Gasteiger charge is 2.22. The lowest BCUT2D eigenvalue weighted by molar-refractivity contribution is 0.356. The number of hydrogen-bond acceptors (Lipinski definition) is 4. The molecular formula is C13H15ClN4O. The van der Waals surface area contributed by atoms with Crippen molar-refractivity contribution in [2.75, 3.05) is 6.61 Å². The molecule has 5 nitrogen and oxygen atoms in total. The first-order valence-electron chi connectivity index (χ1n) is 6.10. The molecule has 2 heterocycles. The Morgan fingerprint density at radius 3 is 3.05 bits per heavy atom. The van der Waals surface area contributed by atoms with Crippen LogP contribution in [0, 0.1) is 0 Å². The molecule has 1 unspecified atom stereocenters. The van der Waals surface area contributed by atoms with Crippen LogP contribution in [0.15, 0.2) is 24.4 Å². The van der Waals surface area contributed by atoms with E-state index in [4.69, 9.17) is 22.2 Å². The van der Waals surface area contributed by atoms with Gasteiger partial charge in [-0.2, -0.15) is 5.10 Å². The summed E-state index contributed by atoms with van der Waals surface area (Å²) in [6.07, 6.45) is 2.55. The zero-order chi connectivity index (χ0) is 13.4. The third kappa shape index (κ3) is 2.10. The maximum Gasteiger partial charge on any atom is 0.122 e. The molecule has 1 aliphatic heterocycles. The van der Waals surface area contributed by atoms with Crippen LogP contribution in [0.5, 0.6) is 5.75 Å². The molecule has 19 heavy (non-hydrogen) atoms. The molecule has 6 heteroatoms. The summed E-state index contributed by atoms with van der Waals surface area (Å²) in [5, 5.41) is 4.75. The number of ether oxygens (including phenoxy) is 1. The Morgan fingerprint density at radius 1 is 1.53 bits per heavy atom. The van der Waals surface area contributed by atoms with Crippen LogP contribution >= 0.6 is 11.6 Å². The first kappa shape index (κ1) is 12.5. The first-order chi connectivity index (χ1) is 9.20. The number of nitrogens with two attached hydrogens (primary N) is 1. The molecule has 1 aliphatic rings. The van der Waals surface area contributed by atoms with Crippen molar-refractivity contribution >= 4 is 11.6 Å². The third-order valence-corrected chi connectivity index (χ3v) is 3.72. The summed E-state index contributed by atoms with van der Waals surface area (Å²) < 4.78 is 7.24. The predicted molar refractivity (Wildman–Crippen MR) is 73.0 cm³/mol. The van der Waals surface area contributed by atoms with E-state index in [2.05, 4.69) is 16.6 Å². The van der Waals surface area contributed by atoms with Crippen molar-refractivity contribution in [3.63, 3.8) is 0 Å². The molecule has 1 atom stereocenters. The van der Waals surface area contributed by atoms with Crippen LogP contribution in [0.2, 0.25) is 5.02 Å². The third-order valence-electron chi connectivity index (χ3n) is 3.42. The topological polar surface area (TPSA) is 65.1 Å². The SMILES string of the molecule is Cn1ncc(Cl)c1C(NN)c1ccc2c(c1)CCO2. The molecule has 0 saturated carbocycles. The fourth-order valence-electron chi connectivity index (χ4n) is 2.46. The van der Waals surface area contributed by atoms with Crippen LogP contribution in [-0.2, 0) is 13.5 Å². The molecule has 100 valence electrons. The monoisotopic (exact) mass is 278 g/mol. The van der Waals surface area contributed by atoms with Crippen LogP contribution in [0.25, 0.3) is 0 Å². The van der Waals surface area contributed by atoms with E-state index in [9.17, 15) is 0 Å². The minimum absolute atomic E-state index is 0.189. The lowest BCUT2D eigenvalue weighted by atomic mass is 10.0. The quantitative estimate of drug-likeness (QED) is 0.661. The van der Waals surface area contributed by atoms with Crippen molar-refractivity contribution < 1.29 is 4.74 Å². The average molecular weight is 279 g/mol. The summed E-state index contributed by atoms with van der Waals surface area (Å²) in [5.41, 5.74) is 5.92. The van der Waals surface area contributed by atoms with E-state index in [1.165, 1.54) is 5.56 Å². The van der Waals surface area contributed by atoms with Gasteiger partial charge in [-0.1, -0.05) is 17.7 Å². The van der Waals surface area contributed by atoms with E-state index < -0.39 is 0 Å². The molecular weight excluding hydrogens is 264 g/mol. The normalized spacial score (nSPS) is 15.1. The number of hydrogen-bond donors (Lipinski definition) is 2. The molecule has 1 aromatic heterocycles. The summed E-state index contributed by atoms with van der Waals surface area (Å²) in [6, 6.07) is 5.89. The molecule has 0 radical (unpaired) electrons. The first-order valence-corrected chi connectivity index (χ1v) is 6.47. The molecule has 2 aromatic rings. The second-order valence-corrected chi connectivity index (χ2v) is 4.97. The minimum atomic E-state index is -0.189. The largest absolute Gasteiger partial charge is 0.493 e.